The van der Waals surface area contributed by atoms with Crippen LogP contribution < -0.4 is 0 Å². The molecule has 0 saturated carbocycles. The maximum Gasteiger partial charge on any atom is 0.255 e. The van der Waals surface area contributed by atoms with E-state index in [1.807, 2.05) is 34.6 Å². The average molecular weight is 280 g/mol. The van der Waals surface area contributed by atoms with Crippen LogP contribution in [0.4, 0.5) is 0 Å². The van der Waals surface area contributed by atoms with E-state index in [4.69, 9.17) is 0 Å². The van der Waals surface area contributed by atoms with E-state index in [9.17, 15) is 14.4 Å². The molecule has 5 heteroatoms. The van der Waals surface area contributed by atoms with E-state index in [2.05, 4.69) is 0 Å². The van der Waals surface area contributed by atoms with Gasteiger partial charge in [0.1, 0.15) is 11.6 Å². The third-order valence-corrected chi connectivity index (χ3v) is 4.34. The first-order valence-electron chi connectivity index (χ1n) is 7.22. The molecule has 0 N–H and O–H groups in total. The van der Waals surface area contributed by atoms with Gasteiger partial charge in [0.05, 0.1) is 0 Å². The first-order valence-corrected chi connectivity index (χ1v) is 7.22. The highest BCUT2D eigenvalue weighted by molar-refractivity contribution is 6.10. The molecule has 2 unspecified atom stereocenters. The zero-order chi connectivity index (χ0) is 15.5. The SMILES string of the molecule is CC(C)C1C(=O)N(C(C)(C)C)C(=O)C2(C)CCC(=O)N12. The number of rotatable bonds is 1. The fourth-order valence-corrected chi connectivity index (χ4v) is 3.34. The summed E-state index contributed by atoms with van der Waals surface area (Å²) in [6.45, 7) is 11.2. The van der Waals surface area contributed by atoms with Crippen molar-refractivity contribution in [3.8, 4) is 0 Å². The Hall–Kier alpha value is -1.39. The Morgan fingerprint density at radius 1 is 1.20 bits per heavy atom. The minimum absolute atomic E-state index is 0.0122. The molecule has 20 heavy (non-hydrogen) atoms. The summed E-state index contributed by atoms with van der Waals surface area (Å²) in [4.78, 5) is 40.7. The van der Waals surface area contributed by atoms with Crippen molar-refractivity contribution in [3.05, 3.63) is 0 Å². The summed E-state index contributed by atoms with van der Waals surface area (Å²) in [5.74, 6) is -0.578. The van der Waals surface area contributed by atoms with Gasteiger partial charge in [0.2, 0.25) is 5.91 Å². The van der Waals surface area contributed by atoms with Gasteiger partial charge < -0.3 is 4.90 Å². The van der Waals surface area contributed by atoms with Crippen molar-refractivity contribution < 1.29 is 14.4 Å². The number of fused-ring (bicyclic) bond motifs is 1. The molecule has 2 fully saturated rings. The number of carbonyl (C=O) groups is 3. The molecule has 0 aromatic carbocycles. The lowest BCUT2D eigenvalue weighted by atomic mass is 9.85. The van der Waals surface area contributed by atoms with Crippen molar-refractivity contribution in [3.63, 3.8) is 0 Å². The van der Waals surface area contributed by atoms with Gasteiger partial charge in [-0.1, -0.05) is 13.8 Å². The zero-order valence-corrected chi connectivity index (χ0v) is 13.2. The quantitative estimate of drug-likeness (QED) is 0.685. The first-order chi connectivity index (χ1) is 9.01. The highest BCUT2D eigenvalue weighted by Gasteiger charge is 2.61. The third kappa shape index (κ3) is 1.86. The molecule has 0 aromatic heterocycles. The average Bonchev–Trinajstić information content (AvgIpc) is 2.56. The molecule has 2 atom stereocenters. The summed E-state index contributed by atoms with van der Waals surface area (Å²) in [5, 5.41) is 0. The molecule has 2 heterocycles. The number of imide groups is 1. The lowest BCUT2D eigenvalue weighted by molar-refractivity contribution is -0.177. The van der Waals surface area contributed by atoms with Crippen molar-refractivity contribution >= 4 is 17.7 Å². The molecular formula is C15H24N2O3. The van der Waals surface area contributed by atoms with Crippen LogP contribution >= 0.6 is 0 Å². The summed E-state index contributed by atoms with van der Waals surface area (Å²) in [7, 11) is 0. The molecule has 112 valence electrons. The Balaban J connectivity index is 2.57. The number of carbonyl (C=O) groups excluding carboxylic acids is 3. The van der Waals surface area contributed by atoms with Gasteiger partial charge in [-0.25, -0.2) is 0 Å². The van der Waals surface area contributed by atoms with Crippen LogP contribution in [0.3, 0.4) is 0 Å². The van der Waals surface area contributed by atoms with Gasteiger partial charge in [-0.05, 0) is 40.0 Å². The van der Waals surface area contributed by atoms with Crippen molar-refractivity contribution in [2.75, 3.05) is 0 Å². The molecule has 0 bridgehead atoms. The van der Waals surface area contributed by atoms with E-state index in [1.54, 1.807) is 11.8 Å². The lowest BCUT2D eigenvalue weighted by Gasteiger charge is -2.52. The highest BCUT2D eigenvalue weighted by atomic mass is 16.2. The van der Waals surface area contributed by atoms with Gasteiger partial charge in [-0.3, -0.25) is 19.3 Å². The predicted octanol–water partition coefficient (Wildman–Crippen LogP) is 1.56. The van der Waals surface area contributed by atoms with Crippen molar-refractivity contribution in [2.45, 2.75) is 71.5 Å². The standard InChI is InChI=1S/C15H24N2O3/c1-9(2)11-12(19)17(14(3,4)5)13(20)15(6)8-7-10(18)16(11)15/h9,11H,7-8H2,1-6H3. The summed E-state index contributed by atoms with van der Waals surface area (Å²) in [6, 6.07) is -0.535. The lowest BCUT2D eigenvalue weighted by Crippen LogP contribution is -2.73. The number of piperazine rings is 1. The second-order valence-electron chi connectivity index (χ2n) is 7.38. The minimum Gasteiger partial charge on any atom is -0.316 e. The Morgan fingerprint density at radius 2 is 1.75 bits per heavy atom. The van der Waals surface area contributed by atoms with Crippen LogP contribution in [0, 0.1) is 5.92 Å². The monoisotopic (exact) mass is 280 g/mol. The van der Waals surface area contributed by atoms with Crippen LogP contribution in [-0.2, 0) is 14.4 Å². The number of hydrogen-bond acceptors (Lipinski definition) is 3. The van der Waals surface area contributed by atoms with E-state index in [0.717, 1.165) is 0 Å². The van der Waals surface area contributed by atoms with E-state index >= 15 is 0 Å². The second-order valence-corrected chi connectivity index (χ2v) is 7.38. The van der Waals surface area contributed by atoms with Gasteiger partial charge in [-0.15, -0.1) is 0 Å². The highest BCUT2D eigenvalue weighted by Crippen LogP contribution is 2.41. The molecule has 2 rings (SSSR count). The Labute approximate surface area is 120 Å². The topological polar surface area (TPSA) is 57.7 Å². The van der Waals surface area contributed by atoms with Crippen molar-refractivity contribution in [2.24, 2.45) is 5.92 Å². The molecule has 0 spiro atoms. The first kappa shape index (κ1) is 15.0. The molecule has 2 saturated heterocycles. The smallest absolute Gasteiger partial charge is 0.255 e. The minimum atomic E-state index is -0.868. The van der Waals surface area contributed by atoms with E-state index in [0.29, 0.717) is 12.8 Å². The Kier molecular flexibility index (Phi) is 3.23. The van der Waals surface area contributed by atoms with Crippen LogP contribution in [-0.4, -0.2) is 44.6 Å². The number of amides is 3. The molecular weight excluding hydrogens is 256 g/mol. The van der Waals surface area contributed by atoms with Crippen LogP contribution in [0.2, 0.25) is 0 Å². The van der Waals surface area contributed by atoms with Crippen LogP contribution in [0.5, 0.6) is 0 Å². The molecule has 0 aliphatic carbocycles. The Bertz CT molecular complexity index is 478. The van der Waals surface area contributed by atoms with Gasteiger partial charge in [0, 0.05) is 12.0 Å². The van der Waals surface area contributed by atoms with E-state index < -0.39 is 17.1 Å². The maximum absolute atomic E-state index is 12.8. The van der Waals surface area contributed by atoms with Gasteiger partial charge in [0.25, 0.3) is 11.8 Å². The van der Waals surface area contributed by atoms with Crippen molar-refractivity contribution in [1.82, 2.24) is 9.80 Å². The fourth-order valence-electron chi connectivity index (χ4n) is 3.34. The number of nitrogens with zero attached hydrogens (tertiary/aromatic N) is 2. The largest absolute Gasteiger partial charge is 0.316 e. The second kappa shape index (κ2) is 4.30. The molecule has 5 nitrogen and oxygen atoms in total. The van der Waals surface area contributed by atoms with Crippen LogP contribution in [0.25, 0.3) is 0 Å². The fraction of sp³-hybridized carbons (Fsp3) is 0.800. The van der Waals surface area contributed by atoms with Gasteiger partial charge in [0.15, 0.2) is 0 Å². The Morgan fingerprint density at radius 3 is 2.20 bits per heavy atom. The zero-order valence-electron chi connectivity index (χ0n) is 13.2. The third-order valence-electron chi connectivity index (χ3n) is 4.34. The predicted molar refractivity (Wildman–Crippen MR) is 74.7 cm³/mol. The molecule has 3 amide bonds. The maximum atomic E-state index is 12.8. The van der Waals surface area contributed by atoms with E-state index in [1.165, 1.54) is 4.90 Å². The van der Waals surface area contributed by atoms with E-state index in [-0.39, 0.29) is 23.6 Å². The molecule has 2 aliphatic heterocycles. The summed E-state index contributed by atoms with van der Waals surface area (Å²) in [6.07, 6.45) is 0.838. The van der Waals surface area contributed by atoms with Crippen LogP contribution in [0.1, 0.15) is 54.4 Å². The van der Waals surface area contributed by atoms with Crippen molar-refractivity contribution in [1.29, 1.82) is 0 Å². The van der Waals surface area contributed by atoms with Gasteiger partial charge in [-0.2, -0.15) is 0 Å². The molecule has 0 aromatic rings. The molecule has 0 radical (unpaired) electrons. The number of hydrogen-bond donors (Lipinski definition) is 0. The van der Waals surface area contributed by atoms with Crippen LogP contribution in [0.15, 0.2) is 0 Å². The summed E-state index contributed by atoms with van der Waals surface area (Å²) in [5.41, 5.74) is -1.44. The normalized spacial score (nSPS) is 31.4. The summed E-state index contributed by atoms with van der Waals surface area (Å²) < 4.78 is 0. The van der Waals surface area contributed by atoms with Gasteiger partial charge >= 0.3 is 0 Å². The summed E-state index contributed by atoms with van der Waals surface area (Å²) >= 11 is 0. The molecule has 2 aliphatic rings.